The van der Waals surface area contributed by atoms with Crippen LogP contribution in [0.25, 0.3) is 0 Å². The fourth-order valence-corrected chi connectivity index (χ4v) is 1.97. The highest BCUT2D eigenvalue weighted by atomic mass is 79.9. The third-order valence-electron chi connectivity index (χ3n) is 2.58. The summed E-state index contributed by atoms with van der Waals surface area (Å²) in [6.07, 6.45) is 1.63. The molecule has 0 amide bonds. The monoisotopic (exact) mass is 325 g/mol. The van der Waals surface area contributed by atoms with E-state index < -0.39 is 0 Å². The molecular formula is C14H13BrFNO2. The van der Waals surface area contributed by atoms with Crippen LogP contribution in [0.4, 0.5) is 4.39 Å². The number of aromatic nitrogens is 1. The molecule has 0 atom stereocenters. The van der Waals surface area contributed by atoms with Gasteiger partial charge in [0.15, 0.2) is 11.6 Å². The summed E-state index contributed by atoms with van der Waals surface area (Å²) in [6.45, 7) is 0.210. The topological polar surface area (TPSA) is 31.4 Å². The van der Waals surface area contributed by atoms with Crippen LogP contribution in [0.2, 0.25) is 0 Å². The van der Waals surface area contributed by atoms with E-state index in [1.807, 2.05) is 12.1 Å². The minimum absolute atomic E-state index is 0.210. The molecule has 1 aromatic heterocycles. The van der Waals surface area contributed by atoms with E-state index in [1.165, 1.54) is 13.2 Å². The summed E-state index contributed by atoms with van der Waals surface area (Å²) in [6, 6.07) is 8.50. The van der Waals surface area contributed by atoms with E-state index in [0.29, 0.717) is 11.2 Å². The zero-order valence-corrected chi connectivity index (χ0v) is 12.0. The van der Waals surface area contributed by atoms with Crippen LogP contribution in [-0.2, 0) is 11.9 Å². The van der Waals surface area contributed by atoms with Crippen LogP contribution >= 0.6 is 15.9 Å². The maximum Gasteiger partial charge on any atom is 0.219 e. The van der Waals surface area contributed by atoms with E-state index in [-0.39, 0.29) is 18.2 Å². The number of methoxy groups -OCH3 is 1. The standard InChI is InChI=1S/C14H13BrFNO2/c1-18-14-11(3-2-6-17-14)9-19-13-5-4-10(8-15)7-12(13)16/h2-7H,8-9H2,1H3. The number of benzene rings is 1. The summed E-state index contributed by atoms with van der Waals surface area (Å²) in [5.74, 6) is 0.329. The van der Waals surface area contributed by atoms with Crippen molar-refractivity contribution in [1.29, 1.82) is 0 Å². The molecule has 0 N–H and O–H groups in total. The van der Waals surface area contributed by atoms with Crippen LogP contribution in [0.3, 0.4) is 0 Å². The van der Waals surface area contributed by atoms with Crippen molar-refractivity contribution in [3.8, 4) is 11.6 Å². The third kappa shape index (κ3) is 3.44. The fourth-order valence-electron chi connectivity index (χ4n) is 1.62. The quantitative estimate of drug-likeness (QED) is 0.785. The molecule has 0 aliphatic carbocycles. The van der Waals surface area contributed by atoms with Gasteiger partial charge in [0.2, 0.25) is 5.88 Å². The summed E-state index contributed by atoms with van der Waals surface area (Å²) in [5, 5.41) is 0.612. The second-order valence-corrected chi connectivity index (χ2v) is 4.42. The molecule has 0 bridgehead atoms. The predicted molar refractivity (Wildman–Crippen MR) is 74.2 cm³/mol. The van der Waals surface area contributed by atoms with E-state index in [4.69, 9.17) is 9.47 Å². The lowest BCUT2D eigenvalue weighted by Gasteiger charge is -2.10. The zero-order valence-electron chi connectivity index (χ0n) is 10.4. The molecule has 0 fully saturated rings. The number of alkyl halides is 1. The molecule has 1 aromatic carbocycles. The Kier molecular flexibility index (Phi) is 4.74. The second kappa shape index (κ2) is 6.52. The minimum atomic E-state index is -0.375. The lowest BCUT2D eigenvalue weighted by atomic mass is 10.2. The first-order chi connectivity index (χ1) is 9.24. The van der Waals surface area contributed by atoms with Crippen LogP contribution in [0.5, 0.6) is 11.6 Å². The number of rotatable bonds is 5. The number of hydrogen-bond donors (Lipinski definition) is 0. The summed E-state index contributed by atoms with van der Waals surface area (Å²) < 4.78 is 24.3. The van der Waals surface area contributed by atoms with Crippen molar-refractivity contribution < 1.29 is 13.9 Å². The molecule has 5 heteroatoms. The van der Waals surface area contributed by atoms with Gasteiger partial charge in [-0.1, -0.05) is 22.0 Å². The Morgan fingerprint density at radius 3 is 2.84 bits per heavy atom. The molecule has 0 unspecified atom stereocenters. The van der Waals surface area contributed by atoms with Crippen LogP contribution in [0.1, 0.15) is 11.1 Å². The van der Waals surface area contributed by atoms with Crippen LogP contribution in [0, 0.1) is 5.82 Å². The lowest BCUT2D eigenvalue weighted by molar-refractivity contribution is 0.280. The van der Waals surface area contributed by atoms with Gasteiger partial charge in [-0.15, -0.1) is 0 Å². The highest BCUT2D eigenvalue weighted by Crippen LogP contribution is 2.22. The molecule has 0 spiro atoms. The van der Waals surface area contributed by atoms with Crippen LogP contribution in [0.15, 0.2) is 36.5 Å². The van der Waals surface area contributed by atoms with E-state index in [1.54, 1.807) is 18.3 Å². The average Bonchev–Trinajstić information content (AvgIpc) is 2.46. The molecule has 1 heterocycles. The molecule has 0 saturated carbocycles. The van der Waals surface area contributed by atoms with Gasteiger partial charge in [-0.25, -0.2) is 9.37 Å². The summed E-state index contributed by atoms with van der Waals surface area (Å²) in [4.78, 5) is 4.06. The average molecular weight is 326 g/mol. The molecule has 100 valence electrons. The predicted octanol–water partition coefficient (Wildman–Crippen LogP) is 3.70. The summed E-state index contributed by atoms with van der Waals surface area (Å²) >= 11 is 3.28. The number of hydrogen-bond acceptors (Lipinski definition) is 3. The van der Waals surface area contributed by atoms with Gasteiger partial charge in [0, 0.05) is 11.5 Å². The van der Waals surface area contributed by atoms with E-state index in [9.17, 15) is 4.39 Å². The van der Waals surface area contributed by atoms with E-state index in [0.717, 1.165) is 11.1 Å². The third-order valence-corrected chi connectivity index (χ3v) is 3.22. The first-order valence-electron chi connectivity index (χ1n) is 5.69. The number of nitrogens with zero attached hydrogens (tertiary/aromatic N) is 1. The Bertz CT molecular complexity index is 563. The molecule has 2 rings (SSSR count). The molecule has 2 aromatic rings. The van der Waals surface area contributed by atoms with Gasteiger partial charge in [-0.05, 0) is 29.8 Å². The molecular weight excluding hydrogens is 313 g/mol. The molecule has 3 nitrogen and oxygen atoms in total. The highest BCUT2D eigenvalue weighted by Gasteiger charge is 2.08. The number of halogens is 2. The first kappa shape index (κ1) is 13.8. The van der Waals surface area contributed by atoms with Crippen molar-refractivity contribution in [2.75, 3.05) is 7.11 Å². The minimum Gasteiger partial charge on any atom is -0.486 e. The molecule has 0 aliphatic heterocycles. The normalized spacial score (nSPS) is 10.3. The largest absolute Gasteiger partial charge is 0.486 e. The fraction of sp³-hybridized carbons (Fsp3) is 0.214. The van der Waals surface area contributed by atoms with Gasteiger partial charge >= 0.3 is 0 Å². The van der Waals surface area contributed by atoms with E-state index in [2.05, 4.69) is 20.9 Å². The Balaban J connectivity index is 2.10. The Morgan fingerprint density at radius 2 is 2.16 bits per heavy atom. The van der Waals surface area contributed by atoms with Crippen molar-refractivity contribution in [2.24, 2.45) is 0 Å². The van der Waals surface area contributed by atoms with Crippen molar-refractivity contribution in [2.45, 2.75) is 11.9 Å². The molecule has 0 radical (unpaired) electrons. The van der Waals surface area contributed by atoms with Gasteiger partial charge in [0.05, 0.1) is 12.7 Å². The SMILES string of the molecule is COc1ncccc1COc1ccc(CBr)cc1F. The van der Waals surface area contributed by atoms with E-state index >= 15 is 0 Å². The van der Waals surface area contributed by atoms with Crippen LogP contribution in [-0.4, -0.2) is 12.1 Å². The van der Waals surface area contributed by atoms with Gasteiger partial charge < -0.3 is 9.47 Å². The van der Waals surface area contributed by atoms with Crippen LogP contribution < -0.4 is 9.47 Å². The molecule has 19 heavy (non-hydrogen) atoms. The Labute approximate surface area is 119 Å². The smallest absolute Gasteiger partial charge is 0.219 e. The Morgan fingerprint density at radius 1 is 1.32 bits per heavy atom. The van der Waals surface area contributed by atoms with Gasteiger partial charge in [0.25, 0.3) is 0 Å². The number of pyridine rings is 1. The molecule has 0 saturated heterocycles. The van der Waals surface area contributed by atoms with Crippen molar-refractivity contribution in [3.05, 3.63) is 53.5 Å². The van der Waals surface area contributed by atoms with Crippen molar-refractivity contribution in [1.82, 2.24) is 4.98 Å². The first-order valence-corrected chi connectivity index (χ1v) is 6.82. The number of ether oxygens (including phenoxy) is 2. The van der Waals surface area contributed by atoms with Gasteiger partial charge in [0.1, 0.15) is 6.61 Å². The van der Waals surface area contributed by atoms with Gasteiger partial charge in [-0.3, -0.25) is 0 Å². The lowest BCUT2D eigenvalue weighted by Crippen LogP contribution is -2.01. The summed E-state index contributed by atoms with van der Waals surface area (Å²) in [5.41, 5.74) is 1.64. The summed E-state index contributed by atoms with van der Waals surface area (Å²) in [7, 11) is 1.54. The maximum atomic E-state index is 13.7. The maximum absolute atomic E-state index is 13.7. The highest BCUT2D eigenvalue weighted by molar-refractivity contribution is 9.08. The van der Waals surface area contributed by atoms with Gasteiger partial charge in [-0.2, -0.15) is 0 Å². The van der Waals surface area contributed by atoms with Crippen molar-refractivity contribution in [3.63, 3.8) is 0 Å². The Hall–Kier alpha value is -1.62. The van der Waals surface area contributed by atoms with Crippen molar-refractivity contribution >= 4 is 15.9 Å². The zero-order chi connectivity index (χ0) is 13.7. The molecule has 0 aliphatic rings. The second-order valence-electron chi connectivity index (χ2n) is 3.86.